The molecule has 1 amide bonds. The van der Waals surface area contributed by atoms with Gasteiger partial charge in [-0.05, 0) is 37.8 Å². The van der Waals surface area contributed by atoms with E-state index >= 15 is 0 Å². The zero-order valence-electron chi connectivity index (χ0n) is 13.1. The van der Waals surface area contributed by atoms with Crippen LogP contribution >= 0.6 is 0 Å². The van der Waals surface area contributed by atoms with Crippen molar-refractivity contribution in [2.45, 2.75) is 25.7 Å². The summed E-state index contributed by atoms with van der Waals surface area (Å²) in [5, 5.41) is 9.27. The van der Waals surface area contributed by atoms with Crippen LogP contribution in [0.3, 0.4) is 0 Å². The Kier molecular flexibility index (Phi) is 4.56. The molecule has 2 aliphatic rings. The molecule has 2 saturated heterocycles. The van der Waals surface area contributed by atoms with E-state index in [0.717, 1.165) is 44.6 Å². The molecule has 3 rings (SSSR count). The average molecular weight is 312 g/mol. The van der Waals surface area contributed by atoms with E-state index in [4.69, 9.17) is 0 Å². The molecule has 1 unspecified atom stereocenters. The fourth-order valence-corrected chi connectivity index (χ4v) is 3.18. The topological polar surface area (TPSA) is 77.3 Å². The van der Waals surface area contributed by atoms with Gasteiger partial charge in [0.1, 0.15) is 5.82 Å². The number of aromatic nitrogens is 1. The highest BCUT2D eigenvalue weighted by molar-refractivity contribution is 6.12. The average Bonchev–Trinajstić information content (AvgIpc) is 3.29. The molecule has 1 aromatic rings. The molecular formula is C17H20N4O2. The van der Waals surface area contributed by atoms with Crippen molar-refractivity contribution in [3.05, 3.63) is 23.9 Å². The predicted molar refractivity (Wildman–Crippen MR) is 84.9 cm³/mol. The number of Topliss-reactive ketones (excluding diaryl/α,β-unsaturated/α-hetero) is 1. The van der Waals surface area contributed by atoms with E-state index in [2.05, 4.69) is 9.88 Å². The molecule has 1 aromatic heterocycles. The van der Waals surface area contributed by atoms with Crippen LogP contribution in [0.5, 0.6) is 0 Å². The van der Waals surface area contributed by atoms with Gasteiger partial charge >= 0.3 is 0 Å². The number of likely N-dealkylation sites (tertiary alicyclic amines) is 1. The van der Waals surface area contributed by atoms with Crippen LogP contribution in [0.4, 0.5) is 5.82 Å². The van der Waals surface area contributed by atoms with Crippen LogP contribution in [-0.4, -0.2) is 47.8 Å². The minimum Gasteiger partial charge on any atom is -0.357 e. The number of nitrogens with zero attached hydrogens (tertiary/aromatic N) is 4. The molecule has 0 spiro atoms. The standard InChI is InChI=1S/C17H20N4O2/c18-11-14(17(23)21-9-3-4-10-21)16(22)13-5-6-15(19-12-13)20-7-1-2-8-20/h5-6,12,14H,1-4,7-10H2. The summed E-state index contributed by atoms with van der Waals surface area (Å²) in [6.07, 6.45) is 5.67. The third-order valence-electron chi connectivity index (χ3n) is 4.52. The highest BCUT2D eigenvalue weighted by atomic mass is 16.2. The number of anilines is 1. The molecule has 2 aliphatic heterocycles. The molecule has 0 aliphatic carbocycles. The molecule has 1 atom stereocenters. The van der Waals surface area contributed by atoms with Gasteiger partial charge in [-0.2, -0.15) is 5.26 Å². The van der Waals surface area contributed by atoms with Crippen molar-refractivity contribution < 1.29 is 9.59 Å². The van der Waals surface area contributed by atoms with Crippen molar-refractivity contribution in [2.75, 3.05) is 31.1 Å². The molecule has 6 heteroatoms. The molecule has 0 radical (unpaired) electrons. The number of carbonyl (C=O) groups is 2. The van der Waals surface area contributed by atoms with Gasteiger partial charge in [0.05, 0.1) is 6.07 Å². The summed E-state index contributed by atoms with van der Waals surface area (Å²) >= 11 is 0. The Morgan fingerprint density at radius 1 is 1.09 bits per heavy atom. The van der Waals surface area contributed by atoms with E-state index in [1.54, 1.807) is 17.0 Å². The van der Waals surface area contributed by atoms with E-state index in [1.807, 2.05) is 6.07 Å². The first kappa shape index (κ1) is 15.5. The van der Waals surface area contributed by atoms with Crippen LogP contribution in [-0.2, 0) is 4.79 Å². The van der Waals surface area contributed by atoms with Crippen molar-refractivity contribution >= 4 is 17.5 Å². The van der Waals surface area contributed by atoms with Crippen molar-refractivity contribution in [1.29, 1.82) is 5.26 Å². The summed E-state index contributed by atoms with van der Waals surface area (Å²) in [6, 6.07) is 5.34. The minimum atomic E-state index is -1.26. The Hall–Kier alpha value is -2.42. The number of ketones is 1. The SMILES string of the molecule is N#CC(C(=O)c1ccc(N2CCCC2)nc1)C(=O)N1CCCC1. The quantitative estimate of drug-likeness (QED) is 0.624. The lowest BCUT2D eigenvalue weighted by atomic mass is 9.99. The molecule has 23 heavy (non-hydrogen) atoms. The van der Waals surface area contributed by atoms with Gasteiger partial charge in [-0.1, -0.05) is 0 Å². The molecule has 0 saturated carbocycles. The first-order valence-electron chi connectivity index (χ1n) is 8.14. The molecule has 6 nitrogen and oxygen atoms in total. The van der Waals surface area contributed by atoms with Gasteiger partial charge in [0.25, 0.3) is 0 Å². The van der Waals surface area contributed by atoms with Crippen molar-refractivity contribution in [3.8, 4) is 6.07 Å². The van der Waals surface area contributed by atoms with Gasteiger partial charge in [0.2, 0.25) is 5.91 Å². The van der Waals surface area contributed by atoms with Gasteiger partial charge in [-0.3, -0.25) is 9.59 Å². The summed E-state index contributed by atoms with van der Waals surface area (Å²) in [6.45, 7) is 3.23. The van der Waals surface area contributed by atoms with Gasteiger partial charge in [0.15, 0.2) is 11.7 Å². The molecule has 0 aromatic carbocycles. The highest BCUT2D eigenvalue weighted by Crippen LogP contribution is 2.20. The Morgan fingerprint density at radius 3 is 2.30 bits per heavy atom. The maximum atomic E-state index is 12.5. The van der Waals surface area contributed by atoms with Crippen LogP contribution < -0.4 is 4.90 Å². The number of rotatable bonds is 4. The van der Waals surface area contributed by atoms with Gasteiger partial charge in [0, 0.05) is 37.9 Å². The van der Waals surface area contributed by atoms with E-state index in [9.17, 15) is 14.9 Å². The summed E-state index contributed by atoms with van der Waals surface area (Å²) < 4.78 is 0. The molecule has 120 valence electrons. The van der Waals surface area contributed by atoms with E-state index in [1.165, 1.54) is 6.20 Å². The van der Waals surface area contributed by atoms with Crippen molar-refractivity contribution in [1.82, 2.24) is 9.88 Å². The van der Waals surface area contributed by atoms with Crippen LogP contribution in [0, 0.1) is 17.2 Å². The third-order valence-corrected chi connectivity index (χ3v) is 4.52. The second kappa shape index (κ2) is 6.78. The number of nitriles is 1. The number of hydrogen-bond acceptors (Lipinski definition) is 5. The first-order chi connectivity index (χ1) is 11.2. The van der Waals surface area contributed by atoms with Gasteiger partial charge < -0.3 is 9.80 Å². The summed E-state index contributed by atoms with van der Waals surface area (Å²) in [5.41, 5.74) is 0.326. The summed E-state index contributed by atoms with van der Waals surface area (Å²) in [7, 11) is 0. The van der Waals surface area contributed by atoms with Crippen LogP contribution in [0.15, 0.2) is 18.3 Å². The van der Waals surface area contributed by atoms with E-state index < -0.39 is 11.7 Å². The number of amides is 1. The number of carbonyl (C=O) groups excluding carboxylic acids is 2. The summed E-state index contributed by atoms with van der Waals surface area (Å²) in [5.74, 6) is -1.24. The Bertz CT molecular complexity index is 623. The maximum absolute atomic E-state index is 12.5. The number of hydrogen-bond donors (Lipinski definition) is 0. The van der Waals surface area contributed by atoms with Crippen molar-refractivity contribution in [2.24, 2.45) is 5.92 Å². The van der Waals surface area contributed by atoms with Crippen LogP contribution in [0.1, 0.15) is 36.0 Å². The highest BCUT2D eigenvalue weighted by Gasteiger charge is 2.32. The predicted octanol–water partition coefficient (Wildman–Crippen LogP) is 1.63. The lowest BCUT2D eigenvalue weighted by Crippen LogP contribution is -2.37. The maximum Gasteiger partial charge on any atom is 0.247 e. The molecular weight excluding hydrogens is 292 g/mol. The van der Waals surface area contributed by atoms with E-state index in [0.29, 0.717) is 18.7 Å². The monoisotopic (exact) mass is 312 g/mol. The molecule has 0 N–H and O–H groups in total. The lowest BCUT2D eigenvalue weighted by Gasteiger charge is -2.18. The molecule has 0 bridgehead atoms. The second-order valence-corrected chi connectivity index (χ2v) is 6.06. The van der Waals surface area contributed by atoms with Gasteiger partial charge in [-0.25, -0.2) is 4.98 Å². The fourth-order valence-electron chi connectivity index (χ4n) is 3.18. The first-order valence-corrected chi connectivity index (χ1v) is 8.14. The zero-order chi connectivity index (χ0) is 16.2. The normalized spacial score (nSPS) is 18.7. The molecule has 2 fully saturated rings. The van der Waals surface area contributed by atoms with E-state index in [-0.39, 0.29) is 5.91 Å². The Balaban J connectivity index is 1.72. The van der Waals surface area contributed by atoms with Gasteiger partial charge in [-0.15, -0.1) is 0 Å². The van der Waals surface area contributed by atoms with Crippen LogP contribution in [0.25, 0.3) is 0 Å². The second-order valence-electron chi connectivity index (χ2n) is 6.06. The third kappa shape index (κ3) is 3.19. The largest absolute Gasteiger partial charge is 0.357 e. The van der Waals surface area contributed by atoms with Crippen molar-refractivity contribution in [3.63, 3.8) is 0 Å². The fraction of sp³-hybridized carbons (Fsp3) is 0.529. The Morgan fingerprint density at radius 2 is 1.74 bits per heavy atom. The zero-order valence-corrected chi connectivity index (χ0v) is 13.1. The lowest BCUT2D eigenvalue weighted by molar-refractivity contribution is -0.131. The number of pyridine rings is 1. The smallest absolute Gasteiger partial charge is 0.247 e. The molecule has 3 heterocycles. The Labute approximate surface area is 135 Å². The van der Waals surface area contributed by atoms with Crippen LogP contribution in [0.2, 0.25) is 0 Å². The minimum absolute atomic E-state index is 0.326. The summed E-state index contributed by atoms with van der Waals surface area (Å²) in [4.78, 5) is 32.9.